The van der Waals surface area contributed by atoms with Crippen molar-refractivity contribution in [2.45, 2.75) is 31.2 Å². The predicted octanol–water partition coefficient (Wildman–Crippen LogP) is 4.08. The van der Waals surface area contributed by atoms with E-state index in [9.17, 15) is 5.26 Å². The van der Waals surface area contributed by atoms with E-state index in [1.807, 2.05) is 43.3 Å². The van der Waals surface area contributed by atoms with Crippen LogP contribution in [0.4, 0.5) is 5.69 Å². The fraction of sp³-hybridized carbons (Fsp3) is 0.294. The number of benzene rings is 1. The zero-order chi connectivity index (χ0) is 14.9. The van der Waals surface area contributed by atoms with Gasteiger partial charge in [-0.3, -0.25) is 0 Å². The lowest BCUT2D eigenvalue weighted by Crippen LogP contribution is -2.47. The number of halogens is 1. The minimum absolute atomic E-state index is 0.256. The van der Waals surface area contributed by atoms with Crippen molar-refractivity contribution < 1.29 is 0 Å². The predicted molar refractivity (Wildman–Crippen MR) is 84.4 cm³/mol. The maximum Gasteiger partial charge on any atom is 0.152 e. The fourth-order valence-corrected chi connectivity index (χ4v) is 3.06. The van der Waals surface area contributed by atoms with E-state index < -0.39 is 0 Å². The standard InChI is InChI=1S/C17H16ClN3/c1-12-7-15(16(18)20-10-12)21-14-8-17(9-14,11-19)13-5-3-2-4-6-13/h2-7,10,14,21H,8-9H2,1H3. The summed E-state index contributed by atoms with van der Waals surface area (Å²) in [5.74, 6) is 0. The Kier molecular flexibility index (Phi) is 3.57. The molecule has 0 bridgehead atoms. The molecule has 2 aromatic rings. The highest BCUT2D eigenvalue weighted by atomic mass is 35.5. The van der Waals surface area contributed by atoms with E-state index >= 15 is 0 Å². The monoisotopic (exact) mass is 297 g/mol. The summed E-state index contributed by atoms with van der Waals surface area (Å²) in [7, 11) is 0. The zero-order valence-electron chi connectivity index (χ0n) is 11.8. The van der Waals surface area contributed by atoms with Gasteiger partial charge in [-0.05, 0) is 37.0 Å². The third-order valence-corrected chi connectivity index (χ3v) is 4.37. The summed E-state index contributed by atoms with van der Waals surface area (Å²) in [6.45, 7) is 1.98. The van der Waals surface area contributed by atoms with Crippen LogP contribution in [0.15, 0.2) is 42.6 Å². The number of hydrogen-bond donors (Lipinski definition) is 1. The lowest BCUT2D eigenvalue weighted by Gasteiger charge is -2.43. The Bertz CT molecular complexity index is 685. The molecule has 1 aliphatic carbocycles. The summed E-state index contributed by atoms with van der Waals surface area (Å²) in [6.07, 6.45) is 3.33. The van der Waals surface area contributed by atoms with Crippen LogP contribution in [0.2, 0.25) is 5.15 Å². The highest BCUT2D eigenvalue weighted by Gasteiger charge is 2.46. The minimum atomic E-state index is -0.372. The van der Waals surface area contributed by atoms with E-state index in [4.69, 9.17) is 11.6 Å². The number of rotatable bonds is 3. The smallest absolute Gasteiger partial charge is 0.152 e. The van der Waals surface area contributed by atoms with Crippen molar-refractivity contribution >= 4 is 17.3 Å². The first-order valence-corrected chi connectivity index (χ1v) is 7.36. The van der Waals surface area contributed by atoms with Crippen LogP contribution in [-0.2, 0) is 5.41 Å². The van der Waals surface area contributed by atoms with Crippen molar-refractivity contribution in [3.63, 3.8) is 0 Å². The molecule has 0 unspecified atom stereocenters. The van der Waals surface area contributed by atoms with Gasteiger partial charge in [0.25, 0.3) is 0 Å². The van der Waals surface area contributed by atoms with Gasteiger partial charge in [0.15, 0.2) is 5.15 Å². The van der Waals surface area contributed by atoms with E-state index in [-0.39, 0.29) is 11.5 Å². The number of aromatic nitrogens is 1. The van der Waals surface area contributed by atoms with Crippen LogP contribution in [0.5, 0.6) is 0 Å². The lowest BCUT2D eigenvalue weighted by molar-refractivity contribution is 0.289. The molecule has 1 heterocycles. The summed E-state index contributed by atoms with van der Waals surface area (Å²) in [4.78, 5) is 4.14. The van der Waals surface area contributed by atoms with Crippen molar-refractivity contribution in [2.24, 2.45) is 0 Å². The molecule has 0 spiro atoms. The maximum atomic E-state index is 9.56. The molecule has 106 valence electrons. The summed E-state index contributed by atoms with van der Waals surface area (Å²) in [6, 6.07) is 14.7. The second-order valence-corrected chi connectivity index (χ2v) is 6.02. The van der Waals surface area contributed by atoms with Crippen molar-refractivity contribution in [1.29, 1.82) is 5.26 Å². The number of nitrogens with one attached hydrogen (secondary N) is 1. The molecule has 0 radical (unpaired) electrons. The molecule has 1 N–H and O–H groups in total. The SMILES string of the molecule is Cc1cnc(Cl)c(NC2CC(C#N)(c3ccccc3)C2)c1. The first kappa shape index (κ1) is 13.9. The third kappa shape index (κ3) is 2.59. The summed E-state index contributed by atoms with van der Waals surface area (Å²) in [5, 5.41) is 13.4. The van der Waals surface area contributed by atoms with Gasteiger partial charge in [0.05, 0.1) is 17.2 Å². The Morgan fingerprint density at radius 1 is 1.33 bits per heavy atom. The quantitative estimate of drug-likeness (QED) is 0.868. The van der Waals surface area contributed by atoms with Crippen LogP contribution < -0.4 is 5.32 Å². The molecule has 1 aromatic carbocycles. The molecule has 1 fully saturated rings. The second-order valence-electron chi connectivity index (χ2n) is 5.66. The second kappa shape index (κ2) is 5.38. The highest BCUT2D eigenvalue weighted by Crippen LogP contribution is 2.44. The Labute approximate surface area is 129 Å². The number of pyridine rings is 1. The molecular formula is C17H16ClN3. The molecule has 1 saturated carbocycles. The number of nitrogens with zero attached hydrogens (tertiary/aromatic N) is 2. The average molecular weight is 298 g/mol. The number of nitriles is 1. The van der Waals surface area contributed by atoms with E-state index in [1.165, 1.54) is 0 Å². The van der Waals surface area contributed by atoms with Gasteiger partial charge in [-0.15, -0.1) is 0 Å². The Hall–Kier alpha value is -2.05. The van der Waals surface area contributed by atoms with Crippen LogP contribution in [-0.4, -0.2) is 11.0 Å². The molecule has 3 rings (SSSR count). The summed E-state index contributed by atoms with van der Waals surface area (Å²) in [5.41, 5.74) is 2.64. The first-order chi connectivity index (χ1) is 10.1. The van der Waals surface area contributed by atoms with Crippen molar-refractivity contribution in [3.8, 4) is 6.07 Å². The third-order valence-electron chi connectivity index (χ3n) is 4.07. The largest absolute Gasteiger partial charge is 0.380 e. The van der Waals surface area contributed by atoms with E-state index in [0.29, 0.717) is 5.15 Å². The van der Waals surface area contributed by atoms with Gasteiger partial charge >= 0.3 is 0 Å². The normalized spacial score (nSPS) is 24.0. The zero-order valence-corrected chi connectivity index (χ0v) is 12.6. The van der Waals surface area contributed by atoms with Crippen molar-refractivity contribution in [1.82, 2.24) is 4.98 Å². The van der Waals surface area contributed by atoms with Gasteiger partial charge in [-0.1, -0.05) is 41.9 Å². The molecule has 0 atom stereocenters. The first-order valence-electron chi connectivity index (χ1n) is 6.98. The fourth-order valence-electron chi connectivity index (χ4n) is 2.91. The Morgan fingerprint density at radius 3 is 2.71 bits per heavy atom. The van der Waals surface area contributed by atoms with Gasteiger partial charge in [0.1, 0.15) is 0 Å². The van der Waals surface area contributed by atoms with Gasteiger partial charge in [-0.2, -0.15) is 5.26 Å². The van der Waals surface area contributed by atoms with Gasteiger partial charge in [0, 0.05) is 12.2 Å². The Balaban J connectivity index is 1.73. The van der Waals surface area contributed by atoms with Crippen LogP contribution in [0, 0.1) is 18.3 Å². The molecule has 0 aliphatic heterocycles. The topological polar surface area (TPSA) is 48.7 Å². The van der Waals surface area contributed by atoms with E-state index in [0.717, 1.165) is 29.7 Å². The van der Waals surface area contributed by atoms with Crippen LogP contribution in [0.3, 0.4) is 0 Å². The van der Waals surface area contributed by atoms with E-state index in [1.54, 1.807) is 6.20 Å². The molecule has 21 heavy (non-hydrogen) atoms. The summed E-state index contributed by atoms with van der Waals surface area (Å²) < 4.78 is 0. The molecule has 1 aromatic heterocycles. The highest BCUT2D eigenvalue weighted by molar-refractivity contribution is 6.32. The number of aryl methyl sites for hydroxylation is 1. The van der Waals surface area contributed by atoms with E-state index in [2.05, 4.69) is 16.4 Å². The lowest BCUT2D eigenvalue weighted by atomic mass is 9.62. The van der Waals surface area contributed by atoms with Crippen LogP contribution in [0.1, 0.15) is 24.0 Å². The van der Waals surface area contributed by atoms with Gasteiger partial charge in [0.2, 0.25) is 0 Å². The number of anilines is 1. The number of hydrogen-bond acceptors (Lipinski definition) is 3. The minimum Gasteiger partial charge on any atom is -0.380 e. The molecule has 3 nitrogen and oxygen atoms in total. The van der Waals surface area contributed by atoms with Crippen molar-refractivity contribution in [3.05, 3.63) is 58.9 Å². The maximum absolute atomic E-state index is 9.56. The molecule has 4 heteroatoms. The summed E-state index contributed by atoms with van der Waals surface area (Å²) >= 11 is 6.10. The van der Waals surface area contributed by atoms with Crippen molar-refractivity contribution in [2.75, 3.05) is 5.32 Å². The molecule has 0 amide bonds. The van der Waals surface area contributed by atoms with Gasteiger partial charge < -0.3 is 5.32 Å². The van der Waals surface area contributed by atoms with Crippen LogP contribution >= 0.6 is 11.6 Å². The molecule has 0 saturated heterocycles. The molecule has 1 aliphatic rings. The van der Waals surface area contributed by atoms with Crippen LogP contribution in [0.25, 0.3) is 0 Å². The Morgan fingerprint density at radius 2 is 2.05 bits per heavy atom. The average Bonchev–Trinajstić information content (AvgIpc) is 2.47. The molecular weight excluding hydrogens is 282 g/mol. The van der Waals surface area contributed by atoms with Gasteiger partial charge in [-0.25, -0.2) is 4.98 Å².